The van der Waals surface area contributed by atoms with Crippen molar-refractivity contribution in [2.24, 2.45) is 10.2 Å². The van der Waals surface area contributed by atoms with Crippen molar-refractivity contribution in [2.75, 3.05) is 33.5 Å². The Bertz CT molecular complexity index is 747. The van der Waals surface area contributed by atoms with E-state index in [1.807, 2.05) is 49.4 Å². The maximum atomic E-state index is 8.80. The van der Waals surface area contributed by atoms with Crippen LogP contribution in [0.2, 0.25) is 0 Å². The van der Waals surface area contributed by atoms with E-state index in [1.165, 1.54) is 0 Å². The Labute approximate surface area is 179 Å². The van der Waals surface area contributed by atoms with Gasteiger partial charge in [0, 0.05) is 20.3 Å². The minimum absolute atomic E-state index is 0.240. The minimum atomic E-state index is 0.240. The molecule has 6 nitrogen and oxygen atoms in total. The Morgan fingerprint density at radius 2 is 1.37 bits per heavy atom. The summed E-state index contributed by atoms with van der Waals surface area (Å²) < 4.78 is 16.6. The van der Waals surface area contributed by atoms with Gasteiger partial charge in [-0.05, 0) is 93.5 Å². The summed E-state index contributed by atoms with van der Waals surface area (Å²) in [6.45, 7) is 4.41. The molecule has 2 aromatic carbocycles. The molecule has 0 aliphatic heterocycles. The highest BCUT2D eigenvalue weighted by Gasteiger charge is 2.02. The lowest BCUT2D eigenvalue weighted by molar-refractivity contribution is 0.189. The van der Waals surface area contributed by atoms with E-state index in [-0.39, 0.29) is 6.61 Å². The van der Waals surface area contributed by atoms with Gasteiger partial charge in [0.25, 0.3) is 0 Å². The van der Waals surface area contributed by atoms with E-state index < -0.39 is 0 Å². The Balaban J connectivity index is 1.77. The van der Waals surface area contributed by atoms with E-state index in [2.05, 4.69) is 10.2 Å². The summed E-state index contributed by atoms with van der Waals surface area (Å²) in [4.78, 5) is 0. The topological polar surface area (TPSA) is 72.6 Å². The third-order valence-electron chi connectivity index (χ3n) is 4.60. The zero-order valence-electron chi connectivity index (χ0n) is 18.2. The molecule has 2 aromatic rings. The molecule has 164 valence electrons. The average molecular weight is 415 g/mol. The van der Waals surface area contributed by atoms with Crippen molar-refractivity contribution in [3.63, 3.8) is 0 Å². The van der Waals surface area contributed by atoms with Crippen LogP contribution in [0.1, 0.15) is 44.1 Å². The average Bonchev–Trinajstić information content (AvgIpc) is 2.76. The zero-order chi connectivity index (χ0) is 21.4. The summed E-state index contributed by atoms with van der Waals surface area (Å²) in [7, 11) is 1.73. The smallest absolute Gasteiger partial charge is 0.122 e. The molecule has 6 heteroatoms. The highest BCUT2D eigenvalue weighted by atomic mass is 16.5. The quantitative estimate of drug-likeness (QED) is 0.280. The maximum absolute atomic E-state index is 8.80. The van der Waals surface area contributed by atoms with Crippen LogP contribution in [0.3, 0.4) is 0 Å². The van der Waals surface area contributed by atoms with Crippen LogP contribution in [0, 0.1) is 6.92 Å². The summed E-state index contributed by atoms with van der Waals surface area (Å²) >= 11 is 0. The molecule has 30 heavy (non-hydrogen) atoms. The lowest BCUT2D eigenvalue weighted by Gasteiger charge is -2.09. The maximum Gasteiger partial charge on any atom is 0.122 e. The normalized spacial score (nSPS) is 11.2. The molecule has 0 aliphatic rings. The van der Waals surface area contributed by atoms with Gasteiger partial charge in [0.1, 0.15) is 11.5 Å². The van der Waals surface area contributed by atoms with Crippen LogP contribution in [0.15, 0.2) is 52.7 Å². The first-order valence-electron chi connectivity index (χ1n) is 10.7. The molecule has 1 N–H and O–H groups in total. The van der Waals surface area contributed by atoms with E-state index in [0.29, 0.717) is 13.2 Å². The monoisotopic (exact) mass is 414 g/mol. The van der Waals surface area contributed by atoms with E-state index in [9.17, 15) is 0 Å². The third-order valence-corrected chi connectivity index (χ3v) is 4.60. The molecule has 0 amide bonds. The van der Waals surface area contributed by atoms with Crippen LogP contribution < -0.4 is 9.47 Å². The van der Waals surface area contributed by atoms with E-state index in [0.717, 1.165) is 73.6 Å². The molecule has 2 rings (SSSR count). The number of aliphatic hydroxyl groups excluding tert-OH is 1. The standard InChI is InChI=1S/C24H34N2O4/c1-20-19-22(11-14-24(20)30-18-7-3-5-15-27)26-25-21-9-12-23(13-10-21)29-17-8-4-6-16-28-2/h9-14,19,27H,3-8,15-18H2,1-2H3/b26-25-. The lowest BCUT2D eigenvalue weighted by atomic mass is 10.2. The van der Waals surface area contributed by atoms with Gasteiger partial charge >= 0.3 is 0 Å². The second-order valence-electron chi connectivity index (χ2n) is 7.18. The number of ether oxygens (including phenoxy) is 3. The van der Waals surface area contributed by atoms with Gasteiger partial charge in [-0.1, -0.05) is 0 Å². The molecular formula is C24H34N2O4. The third kappa shape index (κ3) is 9.37. The number of nitrogens with zero attached hydrogens (tertiary/aromatic N) is 2. The van der Waals surface area contributed by atoms with E-state index in [1.54, 1.807) is 7.11 Å². The van der Waals surface area contributed by atoms with Crippen LogP contribution in [0.25, 0.3) is 0 Å². The first kappa shape index (κ1) is 23.8. The lowest BCUT2D eigenvalue weighted by Crippen LogP contribution is -1.99. The molecule has 0 aliphatic carbocycles. The fourth-order valence-electron chi connectivity index (χ4n) is 2.87. The van der Waals surface area contributed by atoms with Crippen LogP contribution in [0.4, 0.5) is 11.4 Å². The van der Waals surface area contributed by atoms with Crippen molar-refractivity contribution in [2.45, 2.75) is 45.4 Å². The van der Waals surface area contributed by atoms with E-state index in [4.69, 9.17) is 19.3 Å². The first-order valence-corrected chi connectivity index (χ1v) is 10.7. The molecule has 0 heterocycles. The van der Waals surface area contributed by atoms with Crippen molar-refractivity contribution < 1.29 is 19.3 Å². The number of hydrogen-bond acceptors (Lipinski definition) is 6. The molecule has 0 atom stereocenters. The number of aliphatic hydroxyl groups is 1. The summed E-state index contributed by atoms with van der Waals surface area (Å²) in [6, 6.07) is 13.4. The predicted octanol–water partition coefficient (Wildman–Crippen LogP) is 6.15. The van der Waals surface area contributed by atoms with Crippen molar-refractivity contribution in [3.8, 4) is 11.5 Å². The fraction of sp³-hybridized carbons (Fsp3) is 0.500. The second kappa shape index (κ2) is 14.5. The Morgan fingerprint density at radius 1 is 0.733 bits per heavy atom. The zero-order valence-corrected chi connectivity index (χ0v) is 18.2. The van der Waals surface area contributed by atoms with Gasteiger partial charge in [-0.2, -0.15) is 10.2 Å². The van der Waals surface area contributed by atoms with E-state index >= 15 is 0 Å². The fourth-order valence-corrected chi connectivity index (χ4v) is 2.87. The number of azo groups is 1. The summed E-state index contributed by atoms with van der Waals surface area (Å²) in [5.74, 6) is 1.71. The summed E-state index contributed by atoms with van der Waals surface area (Å²) in [6.07, 6.45) is 5.93. The van der Waals surface area contributed by atoms with Gasteiger partial charge in [0.15, 0.2) is 0 Å². The molecule has 0 unspecified atom stereocenters. The molecule has 0 saturated carbocycles. The van der Waals surface area contributed by atoms with Gasteiger partial charge in [0.05, 0.1) is 24.6 Å². The Kier molecular flexibility index (Phi) is 11.5. The number of benzene rings is 2. The molecule has 0 spiro atoms. The van der Waals surface area contributed by atoms with Gasteiger partial charge < -0.3 is 19.3 Å². The van der Waals surface area contributed by atoms with Crippen molar-refractivity contribution in [3.05, 3.63) is 48.0 Å². The Morgan fingerprint density at radius 3 is 2.07 bits per heavy atom. The molecule has 0 fully saturated rings. The van der Waals surface area contributed by atoms with Gasteiger partial charge in [-0.3, -0.25) is 0 Å². The van der Waals surface area contributed by atoms with Crippen molar-refractivity contribution in [1.82, 2.24) is 0 Å². The highest BCUT2D eigenvalue weighted by Crippen LogP contribution is 2.26. The predicted molar refractivity (Wildman–Crippen MR) is 119 cm³/mol. The number of hydrogen-bond donors (Lipinski definition) is 1. The molecule has 0 bridgehead atoms. The second-order valence-corrected chi connectivity index (χ2v) is 7.18. The Hall–Kier alpha value is -2.44. The van der Waals surface area contributed by atoms with Gasteiger partial charge in [-0.25, -0.2) is 0 Å². The minimum Gasteiger partial charge on any atom is -0.494 e. The summed E-state index contributed by atoms with van der Waals surface area (Å²) in [5, 5.41) is 17.4. The molecular weight excluding hydrogens is 380 g/mol. The highest BCUT2D eigenvalue weighted by molar-refractivity contribution is 5.47. The molecule has 0 aromatic heterocycles. The first-order chi connectivity index (χ1) is 14.7. The number of unbranched alkanes of at least 4 members (excludes halogenated alkanes) is 4. The van der Waals surface area contributed by atoms with Gasteiger partial charge in [-0.15, -0.1) is 0 Å². The number of methoxy groups -OCH3 is 1. The number of aryl methyl sites for hydroxylation is 1. The van der Waals surface area contributed by atoms with Crippen molar-refractivity contribution >= 4 is 11.4 Å². The number of rotatable bonds is 15. The van der Waals surface area contributed by atoms with Crippen LogP contribution in [-0.2, 0) is 4.74 Å². The van der Waals surface area contributed by atoms with Crippen LogP contribution in [-0.4, -0.2) is 38.6 Å². The molecule has 0 radical (unpaired) electrons. The van der Waals surface area contributed by atoms with Gasteiger partial charge in [0.2, 0.25) is 0 Å². The SMILES string of the molecule is COCCCCCOc1ccc(/N=N\c2ccc(OCCCCCO)c(C)c2)cc1. The van der Waals surface area contributed by atoms with Crippen molar-refractivity contribution in [1.29, 1.82) is 0 Å². The van der Waals surface area contributed by atoms with Crippen LogP contribution in [0.5, 0.6) is 11.5 Å². The largest absolute Gasteiger partial charge is 0.494 e. The summed E-state index contributed by atoms with van der Waals surface area (Å²) in [5.41, 5.74) is 2.60. The van der Waals surface area contributed by atoms with Crippen LogP contribution >= 0.6 is 0 Å². The molecule has 0 saturated heterocycles.